The van der Waals surface area contributed by atoms with E-state index >= 15 is 0 Å². The van der Waals surface area contributed by atoms with E-state index in [-0.39, 0.29) is 29.5 Å². The second-order valence-electron chi connectivity index (χ2n) is 11.3. The van der Waals surface area contributed by atoms with Gasteiger partial charge in [0.15, 0.2) is 17.6 Å². The maximum Gasteiger partial charge on any atom is 0.206 e. The molecule has 0 spiro atoms. The van der Waals surface area contributed by atoms with Gasteiger partial charge in [-0.05, 0) is 19.3 Å². The van der Waals surface area contributed by atoms with Crippen LogP contribution in [0.4, 0.5) is 5.82 Å². The van der Waals surface area contributed by atoms with Crippen LogP contribution in [0.15, 0.2) is 12.7 Å². The number of rotatable bonds is 21. The predicted molar refractivity (Wildman–Crippen MR) is 158 cm³/mol. The fourth-order valence-electron chi connectivity index (χ4n) is 5.55. The molecule has 0 aromatic carbocycles. The Bertz CT molecular complexity index is 993. The van der Waals surface area contributed by atoms with Gasteiger partial charge in [-0.25, -0.2) is 15.0 Å². The Morgan fingerprint density at radius 1 is 0.878 bits per heavy atom. The van der Waals surface area contributed by atoms with Crippen LogP contribution in [0.2, 0.25) is 0 Å². The topological polar surface area (TPSA) is 169 Å². The molecule has 6 N–H and O–H groups in total. The molecule has 233 valence electrons. The third-order valence-electron chi connectivity index (χ3n) is 8.06. The number of nitrogens with two attached hydrogens (primary N) is 1. The summed E-state index contributed by atoms with van der Waals surface area (Å²) in [6.45, 7) is 2.86. The molecule has 0 bridgehead atoms. The smallest absolute Gasteiger partial charge is 0.206 e. The largest absolute Gasteiger partial charge is 0.394 e. The van der Waals surface area contributed by atoms with E-state index in [4.69, 9.17) is 15.2 Å². The Hall–Kier alpha value is -1.89. The van der Waals surface area contributed by atoms with Gasteiger partial charge < -0.3 is 35.6 Å². The second-order valence-corrected chi connectivity index (χ2v) is 11.3. The Kier molecular flexibility index (Phi) is 14.7. The number of aliphatic hydroxyl groups is 4. The van der Waals surface area contributed by atoms with Crippen molar-refractivity contribution in [3.63, 3.8) is 0 Å². The molecule has 2 aromatic rings. The maximum absolute atomic E-state index is 11.7. The quantitative estimate of drug-likeness (QED) is 0.137. The number of unbranched alkanes of at least 4 members (excludes halogenated alkanes) is 13. The van der Waals surface area contributed by atoms with Crippen LogP contribution < -0.4 is 5.73 Å². The van der Waals surface area contributed by atoms with Gasteiger partial charge in [0.25, 0.3) is 0 Å². The van der Waals surface area contributed by atoms with Gasteiger partial charge in [-0.2, -0.15) is 0 Å². The molecule has 11 nitrogen and oxygen atoms in total. The molecule has 1 saturated heterocycles. The molecular weight excluding hydrogens is 526 g/mol. The zero-order chi connectivity index (χ0) is 29.5. The van der Waals surface area contributed by atoms with E-state index in [1.807, 2.05) is 0 Å². The SMILES string of the molecule is CCCCCCCCCCCCCCCCOCCC[C]1O[C@H](CO)[C@H](O)[C@H](O)[C@]1(O)n1cnc2c(N)ncnc21. The molecule has 1 radical (unpaired) electrons. The Balaban J connectivity index is 1.33. The minimum atomic E-state index is -2.17. The van der Waals surface area contributed by atoms with Crippen molar-refractivity contribution >= 4 is 17.0 Å². The van der Waals surface area contributed by atoms with Crippen LogP contribution in [0.3, 0.4) is 0 Å². The monoisotopic (exact) mass is 578 g/mol. The number of hydrogen-bond acceptors (Lipinski definition) is 10. The molecule has 3 heterocycles. The summed E-state index contributed by atoms with van der Waals surface area (Å²) < 4.78 is 12.8. The van der Waals surface area contributed by atoms with Gasteiger partial charge in [0.05, 0.1) is 12.9 Å². The number of aromatic nitrogens is 4. The van der Waals surface area contributed by atoms with Crippen LogP contribution >= 0.6 is 0 Å². The van der Waals surface area contributed by atoms with Crippen LogP contribution in [-0.2, 0) is 15.2 Å². The van der Waals surface area contributed by atoms with E-state index in [2.05, 4.69) is 21.9 Å². The second kappa shape index (κ2) is 17.9. The Morgan fingerprint density at radius 3 is 2.07 bits per heavy atom. The van der Waals surface area contributed by atoms with Gasteiger partial charge in [-0.1, -0.05) is 90.4 Å². The summed E-state index contributed by atoms with van der Waals surface area (Å²) in [5.41, 5.74) is 4.15. The third-order valence-corrected chi connectivity index (χ3v) is 8.06. The maximum atomic E-state index is 11.7. The highest BCUT2D eigenvalue weighted by molar-refractivity contribution is 5.81. The van der Waals surface area contributed by atoms with E-state index in [0.717, 1.165) is 12.8 Å². The molecule has 41 heavy (non-hydrogen) atoms. The van der Waals surface area contributed by atoms with Crippen LogP contribution in [0.25, 0.3) is 11.2 Å². The summed E-state index contributed by atoms with van der Waals surface area (Å²) in [4.78, 5) is 12.2. The highest BCUT2D eigenvalue weighted by atomic mass is 16.6. The normalized spacial score (nSPS) is 23.5. The van der Waals surface area contributed by atoms with E-state index in [0.29, 0.717) is 19.6 Å². The highest BCUT2D eigenvalue weighted by Crippen LogP contribution is 2.42. The number of imidazole rings is 1. The van der Waals surface area contributed by atoms with Crippen LogP contribution in [0, 0.1) is 6.10 Å². The molecule has 11 heteroatoms. The van der Waals surface area contributed by atoms with Crippen molar-refractivity contribution < 1.29 is 29.9 Å². The van der Waals surface area contributed by atoms with Crippen molar-refractivity contribution in [3.8, 4) is 0 Å². The van der Waals surface area contributed by atoms with Gasteiger partial charge in [0, 0.05) is 13.2 Å². The number of nitrogens with zero attached hydrogens (tertiary/aromatic N) is 4. The number of anilines is 1. The number of hydrogen-bond donors (Lipinski definition) is 5. The molecule has 2 aromatic heterocycles. The van der Waals surface area contributed by atoms with Gasteiger partial charge in [0.2, 0.25) is 5.72 Å². The summed E-state index contributed by atoms with van der Waals surface area (Å²) in [7, 11) is 0. The Morgan fingerprint density at radius 2 is 1.46 bits per heavy atom. The highest BCUT2D eigenvalue weighted by Gasteiger charge is 2.57. The summed E-state index contributed by atoms with van der Waals surface area (Å²) in [5.74, 6) is 0.121. The average Bonchev–Trinajstić information content (AvgIpc) is 3.42. The van der Waals surface area contributed by atoms with Crippen LogP contribution in [0.1, 0.15) is 110 Å². The molecule has 0 unspecified atom stereocenters. The summed E-state index contributed by atoms with van der Waals surface area (Å²) in [6.07, 6.45) is 17.4. The molecule has 0 aliphatic carbocycles. The minimum absolute atomic E-state index is 0.0888. The molecule has 0 saturated carbocycles. The van der Waals surface area contributed by atoms with Crippen molar-refractivity contribution in [3.05, 3.63) is 18.8 Å². The van der Waals surface area contributed by atoms with Crippen molar-refractivity contribution in [2.24, 2.45) is 0 Å². The lowest BCUT2D eigenvalue weighted by atomic mass is 9.86. The molecule has 3 rings (SSSR count). The summed E-state index contributed by atoms with van der Waals surface area (Å²) >= 11 is 0. The van der Waals surface area contributed by atoms with E-state index in [1.54, 1.807) is 0 Å². The lowest BCUT2D eigenvalue weighted by molar-refractivity contribution is -0.267. The molecular formula is C30H52N5O6. The predicted octanol–water partition coefficient (Wildman–Crippen LogP) is 3.98. The molecule has 0 amide bonds. The van der Waals surface area contributed by atoms with E-state index in [1.165, 1.54) is 94.3 Å². The van der Waals surface area contributed by atoms with Crippen molar-refractivity contribution in [2.45, 2.75) is 134 Å². The van der Waals surface area contributed by atoms with Crippen molar-refractivity contribution in [1.82, 2.24) is 19.5 Å². The first-order chi connectivity index (χ1) is 19.9. The van der Waals surface area contributed by atoms with E-state index < -0.39 is 30.6 Å². The molecule has 1 fully saturated rings. The van der Waals surface area contributed by atoms with Gasteiger partial charge in [-0.3, -0.25) is 4.57 Å². The lowest BCUT2D eigenvalue weighted by Crippen LogP contribution is -2.63. The van der Waals surface area contributed by atoms with Crippen LogP contribution in [0.5, 0.6) is 0 Å². The van der Waals surface area contributed by atoms with Gasteiger partial charge in [-0.15, -0.1) is 0 Å². The number of nitrogen functional groups attached to an aromatic ring is 1. The van der Waals surface area contributed by atoms with Crippen molar-refractivity contribution in [2.75, 3.05) is 25.6 Å². The first kappa shape index (κ1) is 33.6. The fourth-order valence-corrected chi connectivity index (χ4v) is 5.55. The Labute approximate surface area is 244 Å². The first-order valence-electron chi connectivity index (χ1n) is 15.7. The lowest BCUT2D eigenvalue weighted by Gasteiger charge is -2.48. The standard InChI is InChI=1S/C30H52N5O6/c1-2-3-4-5-6-7-8-9-10-11-12-13-14-15-18-40-19-16-17-24-30(39,27(38)26(37)23(20-36)41-24)35-22-34-25-28(31)32-21-33-29(25)35/h21-23,26-27,36-39H,2-20H2,1H3,(H2,31,32,33)/t23-,26+,27+,30+/m1/s1. The van der Waals surface area contributed by atoms with Crippen LogP contribution in [-0.4, -0.2) is 78.1 Å². The van der Waals surface area contributed by atoms with Gasteiger partial charge in [0.1, 0.15) is 30.2 Å². The number of ether oxygens (including phenoxy) is 2. The molecule has 1 aliphatic rings. The molecule has 4 atom stereocenters. The average molecular weight is 579 g/mol. The number of aliphatic hydroxyl groups excluding tert-OH is 3. The summed E-state index contributed by atoms with van der Waals surface area (Å²) in [5, 5.41) is 42.8. The fraction of sp³-hybridized carbons (Fsp3) is 0.800. The zero-order valence-electron chi connectivity index (χ0n) is 24.8. The summed E-state index contributed by atoms with van der Waals surface area (Å²) in [6, 6.07) is 0. The van der Waals surface area contributed by atoms with E-state index in [9.17, 15) is 20.4 Å². The third kappa shape index (κ3) is 9.30. The molecule has 1 aliphatic heterocycles. The first-order valence-corrected chi connectivity index (χ1v) is 15.7. The number of fused-ring (bicyclic) bond motifs is 1. The van der Waals surface area contributed by atoms with Gasteiger partial charge >= 0.3 is 0 Å². The van der Waals surface area contributed by atoms with Crippen molar-refractivity contribution in [1.29, 1.82) is 0 Å². The minimum Gasteiger partial charge on any atom is -0.394 e. The zero-order valence-corrected chi connectivity index (χ0v) is 24.8.